The topological polar surface area (TPSA) is 127 Å². The number of amides is 1. The monoisotopic (exact) mass is 564 g/mol. The van der Waals surface area contributed by atoms with Gasteiger partial charge in [0.2, 0.25) is 5.91 Å². The second-order valence-corrected chi connectivity index (χ2v) is 12.1. The highest BCUT2D eigenvalue weighted by Crippen LogP contribution is 2.57. The van der Waals surface area contributed by atoms with Crippen molar-refractivity contribution in [3.63, 3.8) is 0 Å². The highest BCUT2D eigenvalue weighted by molar-refractivity contribution is 7.12. The van der Waals surface area contributed by atoms with Crippen LogP contribution in [0.3, 0.4) is 0 Å². The molecule has 1 aromatic heterocycles. The summed E-state index contributed by atoms with van der Waals surface area (Å²) in [6, 6.07) is 15.4. The summed E-state index contributed by atoms with van der Waals surface area (Å²) < 4.78 is 5.12. The van der Waals surface area contributed by atoms with Crippen molar-refractivity contribution in [2.24, 2.45) is 5.92 Å². The molecule has 10 heteroatoms. The van der Waals surface area contributed by atoms with E-state index in [9.17, 15) is 29.6 Å². The lowest BCUT2D eigenvalue weighted by molar-refractivity contribution is -0.385. The number of nitrogens with zero attached hydrogens (tertiary/aromatic N) is 2. The number of thiophene rings is 1. The number of benzene rings is 2. The lowest BCUT2D eigenvalue weighted by atomic mass is 9.72. The number of likely N-dealkylation sites (tertiary alicyclic amines) is 1. The quantitative estimate of drug-likeness (QED) is 0.214. The minimum Gasteiger partial charge on any atom is -0.479 e. The maximum absolute atomic E-state index is 14.3. The molecule has 2 heterocycles. The van der Waals surface area contributed by atoms with Crippen molar-refractivity contribution in [3.8, 4) is 0 Å². The van der Waals surface area contributed by atoms with Gasteiger partial charge in [-0.25, -0.2) is 4.79 Å². The molecule has 0 saturated carbocycles. The first-order valence-electron chi connectivity index (χ1n) is 12.8. The third-order valence-electron chi connectivity index (χ3n) is 7.68. The maximum Gasteiger partial charge on any atom is 0.330 e. The van der Waals surface area contributed by atoms with Gasteiger partial charge in [0.25, 0.3) is 5.69 Å². The highest BCUT2D eigenvalue weighted by atomic mass is 32.1. The van der Waals surface area contributed by atoms with Crippen molar-refractivity contribution < 1.29 is 29.2 Å². The molecule has 4 rings (SSSR count). The minimum absolute atomic E-state index is 0.164. The van der Waals surface area contributed by atoms with Crippen molar-refractivity contribution >= 4 is 34.7 Å². The number of nitro benzene ring substituents is 1. The van der Waals surface area contributed by atoms with E-state index in [2.05, 4.69) is 20.8 Å². The molecule has 1 N–H and O–H groups in total. The number of carbonyl (C=O) groups excluding carboxylic acids is 2. The van der Waals surface area contributed by atoms with Gasteiger partial charge in [0.05, 0.1) is 21.8 Å². The first-order chi connectivity index (χ1) is 18.8. The first-order valence-corrected chi connectivity index (χ1v) is 13.7. The van der Waals surface area contributed by atoms with Gasteiger partial charge in [-0.05, 0) is 40.5 Å². The Morgan fingerprint density at radius 2 is 1.75 bits per heavy atom. The van der Waals surface area contributed by atoms with E-state index in [1.807, 2.05) is 24.3 Å². The summed E-state index contributed by atoms with van der Waals surface area (Å²) in [5, 5.41) is 24.2. The van der Waals surface area contributed by atoms with E-state index in [1.54, 1.807) is 23.6 Å². The van der Waals surface area contributed by atoms with Gasteiger partial charge >= 0.3 is 5.97 Å². The number of ketones is 1. The zero-order valence-corrected chi connectivity index (χ0v) is 23.8. The van der Waals surface area contributed by atoms with Crippen LogP contribution in [0.2, 0.25) is 0 Å². The van der Waals surface area contributed by atoms with Crippen molar-refractivity contribution in [1.82, 2.24) is 4.90 Å². The third kappa shape index (κ3) is 5.04. The van der Waals surface area contributed by atoms with Crippen LogP contribution in [-0.4, -0.2) is 51.8 Å². The number of carboxylic acids is 1. The fourth-order valence-electron chi connectivity index (χ4n) is 5.75. The number of aliphatic carboxylic acids is 1. The zero-order valence-electron chi connectivity index (χ0n) is 23.0. The molecule has 1 fully saturated rings. The van der Waals surface area contributed by atoms with Crippen LogP contribution in [0.4, 0.5) is 5.69 Å². The van der Waals surface area contributed by atoms with Crippen LogP contribution in [0.5, 0.6) is 0 Å². The standard InChI is InChI=1S/C30H32N2O7S/c1-29(2,3)20-13-11-18(12-14-20)25-24(27(34)22-10-7-15-40-22)26(19-8-6-9-21(16-19)32(37)38)31(23(33)17-39-5)30(25,4)28(35)36/h6-16,24-26H,17H2,1-5H3,(H,35,36). The zero-order chi connectivity index (χ0) is 29.4. The molecule has 0 aliphatic carbocycles. The summed E-state index contributed by atoms with van der Waals surface area (Å²) >= 11 is 1.22. The fraction of sp³-hybridized carbons (Fsp3) is 0.367. The Bertz CT molecular complexity index is 1430. The van der Waals surface area contributed by atoms with Gasteiger partial charge in [0.1, 0.15) is 12.1 Å². The molecule has 3 aromatic rings. The molecule has 4 atom stereocenters. The van der Waals surface area contributed by atoms with Gasteiger partial charge in [-0.2, -0.15) is 0 Å². The predicted molar refractivity (Wildman–Crippen MR) is 151 cm³/mol. The molecule has 2 aromatic carbocycles. The normalized spacial score (nSPS) is 22.7. The number of hydrogen-bond acceptors (Lipinski definition) is 7. The fourth-order valence-corrected chi connectivity index (χ4v) is 6.47. The Labute approximate surface area is 236 Å². The number of carboxylic acid groups (broad SMARTS) is 1. The van der Waals surface area contributed by atoms with Gasteiger partial charge in [-0.15, -0.1) is 11.3 Å². The Morgan fingerprint density at radius 3 is 2.27 bits per heavy atom. The van der Waals surface area contributed by atoms with E-state index >= 15 is 0 Å². The number of rotatable bonds is 8. The van der Waals surface area contributed by atoms with E-state index in [0.717, 1.165) is 5.56 Å². The lowest BCUT2D eigenvalue weighted by Gasteiger charge is -2.37. The van der Waals surface area contributed by atoms with Crippen molar-refractivity contribution in [2.75, 3.05) is 13.7 Å². The molecule has 0 radical (unpaired) electrons. The number of methoxy groups -OCH3 is 1. The first kappa shape index (κ1) is 29.1. The SMILES string of the molecule is COCC(=O)N1C(c2cccc([N+](=O)[O-])c2)C(C(=O)c2cccs2)C(c2ccc(C(C)(C)C)cc2)C1(C)C(=O)O. The maximum atomic E-state index is 14.3. The number of nitro groups is 1. The molecule has 4 unspecified atom stereocenters. The van der Waals surface area contributed by atoms with Crippen LogP contribution >= 0.6 is 11.3 Å². The van der Waals surface area contributed by atoms with E-state index in [0.29, 0.717) is 16.0 Å². The number of hydrogen-bond donors (Lipinski definition) is 1. The van der Waals surface area contributed by atoms with Crippen LogP contribution in [0.25, 0.3) is 0 Å². The Balaban J connectivity index is 2.04. The summed E-state index contributed by atoms with van der Waals surface area (Å²) in [7, 11) is 1.32. The number of Topliss-reactive ketones (excluding diaryl/α,β-unsaturated/α-hetero) is 1. The van der Waals surface area contributed by atoms with E-state index in [4.69, 9.17) is 4.74 Å². The second kappa shape index (κ2) is 10.9. The Morgan fingerprint density at radius 1 is 1.07 bits per heavy atom. The molecule has 1 saturated heterocycles. The largest absolute Gasteiger partial charge is 0.479 e. The molecular formula is C30H32N2O7S. The van der Waals surface area contributed by atoms with E-state index in [-0.39, 0.29) is 16.9 Å². The molecule has 40 heavy (non-hydrogen) atoms. The Kier molecular flexibility index (Phi) is 7.96. The van der Waals surface area contributed by atoms with Crippen LogP contribution < -0.4 is 0 Å². The highest BCUT2D eigenvalue weighted by Gasteiger charge is 2.65. The molecule has 0 spiro atoms. The van der Waals surface area contributed by atoms with Crippen LogP contribution in [0, 0.1) is 16.0 Å². The van der Waals surface area contributed by atoms with E-state index < -0.39 is 46.8 Å². The lowest BCUT2D eigenvalue weighted by Crippen LogP contribution is -2.55. The average Bonchev–Trinajstić information content (AvgIpc) is 3.53. The summed E-state index contributed by atoms with van der Waals surface area (Å²) in [4.78, 5) is 53.9. The molecule has 1 aliphatic heterocycles. The van der Waals surface area contributed by atoms with Crippen LogP contribution in [0.1, 0.15) is 66.0 Å². The van der Waals surface area contributed by atoms with Gasteiger partial charge in [-0.1, -0.05) is 63.2 Å². The Hall–Kier alpha value is -3.89. The van der Waals surface area contributed by atoms with Gasteiger partial charge in [-0.3, -0.25) is 19.7 Å². The van der Waals surface area contributed by atoms with Gasteiger partial charge in [0, 0.05) is 25.2 Å². The number of ether oxygens (including phenoxy) is 1. The molecule has 1 amide bonds. The second-order valence-electron chi connectivity index (χ2n) is 11.2. The summed E-state index contributed by atoms with van der Waals surface area (Å²) in [6.45, 7) is 7.20. The third-order valence-corrected chi connectivity index (χ3v) is 8.56. The summed E-state index contributed by atoms with van der Waals surface area (Å²) in [5.41, 5.74) is -0.372. The average molecular weight is 565 g/mol. The molecule has 9 nitrogen and oxygen atoms in total. The van der Waals surface area contributed by atoms with Crippen molar-refractivity contribution in [1.29, 1.82) is 0 Å². The molecular weight excluding hydrogens is 532 g/mol. The molecule has 1 aliphatic rings. The summed E-state index contributed by atoms with van der Waals surface area (Å²) in [5.74, 6) is -4.29. The summed E-state index contributed by atoms with van der Waals surface area (Å²) in [6.07, 6.45) is 0. The van der Waals surface area contributed by atoms with E-state index in [1.165, 1.54) is 48.5 Å². The van der Waals surface area contributed by atoms with Gasteiger partial charge < -0.3 is 14.7 Å². The van der Waals surface area contributed by atoms with Crippen LogP contribution in [-0.2, 0) is 19.7 Å². The predicted octanol–water partition coefficient (Wildman–Crippen LogP) is 5.61. The number of carbonyl (C=O) groups is 3. The smallest absolute Gasteiger partial charge is 0.330 e. The molecule has 210 valence electrons. The van der Waals surface area contributed by atoms with Crippen LogP contribution in [0.15, 0.2) is 66.0 Å². The van der Waals surface area contributed by atoms with Gasteiger partial charge in [0.15, 0.2) is 5.78 Å². The molecule has 0 bridgehead atoms. The minimum atomic E-state index is -1.88. The van der Waals surface area contributed by atoms with Crippen molar-refractivity contribution in [3.05, 3.63) is 97.7 Å². The number of non-ortho nitro benzene ring substituents is 1. The van der Waals surface area contributed by atoms with Crippen molar-refractivity contribution in [2.45, 2.75) is 50.6 Å².